The Morgan fingerprint density at radius 3 is 2.43 bits per heavy atom. The largest absolute Gasteiger partial charge is 0.337 e. The quantitative estimate of drug-likeness (QED) is 0.942. The maximum absolute atomic E-state index is 12.5. The van der Waals surface area contributed by atoms with Crippen LogP contribution in [0.5, 0.6) is 0 Å². The molecule has 0 amide bonds. The lowest BCUT2D eigenvalue weighted by Crippen LogP contribution is -2.41. The summed E-state index contributed by atoms with van der Waals surface area (Å²) in [5.41, 5.74) is 1.29. The smallest absolute Gasteiger partial charge is 0.260 e. The molecule has 0 bridgehead atoms. The van der Waals surface area contributed by atoms with Crippen molar-refractivity contribution >= 4 is 10.0 Å². The highest BCUT2D eigenvalue weighted by Crippen LogP contribution is 2.23. The van der Waals surface area contributed by atoms with Crippen molar-refractivity contribution in [2.75, 3.05) is 0 Å². The molecule has 0 atom stereocenters. The third kappa shape index (κ3) is 3.33. The molecule has 1 aromatic carbocycles. The van der Waals surface area contributed by atoms with E-state index in [9.17, 15) is 8.42 Å². The molecule has 0 aliphatic heterocycles. The predicted molar refractivity (Wildman–Crippen MR) is 82.5 cm³/mol. The van der Waals surface area contributed by atoms with E-state index in [4.69, 9.17) is 0 Å². The van der Waals surface area contributed by atoms with Gasteiger partial charge < -0.3 is 4.57 Å². The highest BCUT2D eigenvalue weighted by Gasteiger charge is 2.29. The van der Waals surface area contributed by atoms with Gasteiger partial charge in [0.25, 0.3) is 10.0 Å². The molecule has 0 spiro atoms. The van der Waals surface area contributed by atoms with E-state index in [-0.39, 0.29) is 5.03 Å². The van der Waals surface area contributed by atoms with Crippen molar-refractivity contribution < 1.29 is 8.42 Å². The van der Waals surface area contributed by atoms with E-state index in [1.165, 1.54) is 6.20 Å². The van der Waals surface area contributed by atoms with Crippen LogP contribution < -0.4 is 4.72 Å². The fourth-order valence-electron chi connectivity index (χ4n) is 2.14. The van der Waals surface area contributed by atoms with Crippen LogP contribution in [0.1, 0.15) is 30.8 Å². The summed E-state index contributed by atoms with van der Waals surface area (Å²) >= 11 is 0. The molecular weight excluding hydrogens is 286 g/mol. The van der Waals surface area contributed by atoms with E-state index >= 15 is 0 Å². The first kappa shape index (κ1) is 15.7. The zero-order valence-corrected chi connectivity index (χ0v) is 13.8. The molecule has 0 saturated carbocycles. The minimum Gasteiger partial charge on any atom is -0.337 e. The highest BCUT2D eigenvalue weighted by atomic mass is 32.2. The van der Waals surface area contributed by atoms with Gasteiger partial charge in [0.15, 0.2) is 5.03 Å². The van der Waals surface area contributed by atoms with E-state index in [0.717, 1.165) is 11.1 Å². The van der Waals surface area contributed by atoms with Gasteiger partial charge in [-0.15, -0.1) is 0 Å². The lowest BCUT2D eigenvalue weighted by Gasteiger charge is -2.26. The van der Waals surface area contributed by atoms with Gasteiger partial charge in [-0.2, -0.15) is 4.72 Å². The Hall–Kier alpha value is -1.66. The van der Waals surface area contributed by atoms with Gasteiger partial charge in [-0.3, -0.25) is 0 Å². The topological polar surface area (TPSA) is 64.0 Å². The van der Waals surface area contributed by atoms with Crippen LogP contribution >= 0.6 is 0 Å². The number of nitrogens with one attached hydrogen (secondary N) is 1. The molecule has 1 aromatic heterocycles. The predicted octanol–water partition coefficient (Wildman–Crippen LogP) is 2.25. The summed E-state index contributed by atoms with van der Waals surface area (Å²) in [5, 5.41) is 0.0447. The van der Waals surface area contributed by atoms with Crippen LogP contribution in [0.25, 0.3) is 0 Å². The fraction of sp³-hybridized carbons (Fsp3) is 0.400. The Morgan fingerprint density at radius 2 is 1.90 bits per heavy atom. The second-order valence-electron chi connectivity index (χ2n) is 5.84. The molecular formula is C15H21N3O2S. The van der Waals surface area contributed by atoms with Crippen LogP contribution in [0.3, 0.4) is 0 Å². The van der Waals surface area contributed by atoms with Crippen molar-refractivity contribution in [2.24, 2.45) is 7.05 Å². The van der Waals surface area contributed by atoms with Crippen molar-refractivity contribution in [1.29, 1.82) is 0 Å². The number of hydrogen-bond acceptors (Lipinski definition) is 3. The fourth-order valence-corrected chi connectivity index (χ4v) is 3.58. The minimum absolute atomic E-state index is 0.0447. The molecule has 1 heterocycles. The molecule has 2 aromatic rings. The second kappa shape index (κ2) is 5.27. The Balaban J connectivity index is 2.35. The molecule has 114 valence electrons. The van der Waals surface area contributed by atoms with Crippen molar-refractivity contribution in [3.63, 3.8) is 0 Å². The van der Waals surface area contributed by atoms with Crippen molar-refractivity contribution in [3.05, 3.63) is 47.4 Å². The highest BCUT2D eigenvalue weighted by molar-refractivity contribution is 7.89. The van der Waals surface area contributed by atoms with Crippen LogP contribution in [0, 0.1) is 13.8 Å². The van der Waals surface area contributed by atoms with Crippen molar-refractivity contribution in [2.45, 2.75) is 38.3 Å². The first-order valence-corrected chi connectivity index (χ1v) is 8.21. The van der Waals surface area contributed by atoms with Gasteiger partial charge in [-0.05, 0) is 33.3 Å². The van der Waals surface area contributed by atoms with Crippen LogP contribution in [0.4, 0.5) is 0 Å². The standard InChI is InChI=1S/C15H21N3O2S/c1-11-7-6-8-13(9-11)15(3,4)17-21(19,20)14-10-18(5)12(2)16-14/h6-10,17H,1-5H3. The summed E-state index contributed by atoms with van der Waals surface area (Å²) in [6.07, 6.45) is 1.52. The number of sulfonamides is 1. The number of aryl methyl sites for hydroxylation is 3. The average molecular weight is 307 g/mol. The normalized spacial score (nSPS) is 12.6. The van der Waals surface area contributed by atoms with Crippen LogP contribution in [-0.2, 0) is 22.6 Å². The van der Waals surface area contributed by atoms with E-state index < -0.39 is 15.6 Å². The first-order valence-electron chi connectivity index (χ1n) is 6.73. The monoisotopic (exact) mass is 307 g/mol. The summed E-state index contributed by atoms with van der Waals surface area (Å²) in [7, 11) is -1.89. The molecule has 0 radical (unpaired) electrons. The molecule has 0 aliphatic rings. The summed E-state index contributed by atoms with van der Waals surface area (Å²) in [6.45, 7) is 7.44. The number of aromatic nitrogens is 2. The van der Waals surface area contributed by atoms with Gasteiger partial charge >= 0.3 is 0 Å². The molecule has 2 rings (SSSR count). The molecule has 0 unspecified atom stereocenters. The Labute approximate surface area is 126 Å². The lowest BCUT2D eigenvalue weighted by atomic mass is 9.94. The number of imidazole rings is 1. The molecule has 0 fully saturated rings. The minimum atomic E-state index is -3.66. The summed E-state index contributed by atoms with van der Waals surface area (Å²) in [6, 6.07) is 7.80. The second-order valence-corrected chi connectivity index (χ2v) is 7.47. The molecule has 0 aliphatic carbocycles. The van der Waals surface area contributed by atoms with E-state index in [1.54, 1.807) is 18.5 Å². The SMILES string of the molecule is Cc1cccc(C(C)(C)NS(=O)(=O)c2cn(C)c(C)n2)c1. The number of benzene rings is 1. The maximum atomic E-state index is 12.5. The zero-order valence-electron chi connectivity index (χ0n) is 13.0. The summed E-state index contributed by atoms with van der Waals surface area (Å²) in [5.74, 6) is 0.656. The summed E-state index contributed by atoms with van der Waals surface area (Å²) < 4.78 is 29.4. The first-order chi connectivity index (χ1) is 9.62. The molecule has 5 nitrogen and oxygen atoms in total. The van der Waals surface area contributed by atoms with E-state index in [0.29, 0.717) is 5.82 Å². The van der Waals surface area contributed by atoms with Crippen molar-refractivity contribution in [3.8, 4) is 0 Å². The lowest BCUT2D eigenvalue weighted by molar-refractivity contribution is 0.470. The molecule has 21 heavy (non-hydrogen) atoms. The Morgan fingerprint density at radius 1 is 1.24 bits per heavy atom. The van der Waals surface area contributed by atoms with Crippen molar-refractivity contribution in [1.82, 2.24) is 14.3 Å². The van der Waals surface area contributed by atoms with Gasteiger partial charge in [-0.1, -0.05) is 29.8 Å². The van der Waals surface area contributed by atoms with Crippen LogP contribution in [-0.4, -0.2) is 18.0 Å². The number of nitrogens with zero attached hydrogens (tertiary/aromatic N) is 2. The van der Waals surface area contributed by atoms with E-state index in [1.807, 2.05) is 45.0 Å². The Kier molecular flexibility index (Phi) is 3.95. The van der Waals surface area contributed by atoms with E-state index in [2.05, 4.69) is 9.71 Å². The Bertz CT molecular complexity index is 741. The third-order valence-electron chi connectivity index (χ3n) is 3.49. The molecule has 6 heteroatoms. The summed E-state index contributed by atoms with van der Waals surface area (Å²) in [4.78, 5) is 4.09. The van der Waals surface area contributed by atoms with Crippen LogP contribution in [0.2, 0.25) is 0 Å². The van der Waals surface area contributed by atoms with Crippen LogP contribution in [0.15, 0.2) is 35.5 Å². The van der Waals surface area contributed by atoms with Gasteiger partial charge in [0.1, 0.15) is 5.82 Å². The average Bonchev–Trinajstić information content (AvgIpc) is 2.69. The maximum Gasteiger partial charge on any atom is 0.260 e. The van der Waals surface area contributed by atoms with Gasteiger partial charge in [0, 0.05) is 13.2 Å². The van der Waals surface area contributed by atoms with Gasteiger partial charge in [-0.25, -0.2) is 13.4 Å². The number of hydrogen-bond donors (Lipinski definition) is 1. The molecule has 1 N–H and O–H groups in total. The van der Waals surface area contributed by atoms with Gasteiger partial charge in [0.05, 0.1) is 5.54 Å². The molecule has 0 saturated heterocycles. The van der Waals surface area contributed by atoms with Gasteiger partial charge in [0.2, 0.25) is 0 Å². The number of rotatable bonds is 4. The third-order valence-corrected chi connectivity index (χ3v) is 5.02. The zero-order chi connectivity index (χ0) is 15.8.